The molecule has 20 heavy (non-hydrogen) atoms. The number of methoxy groups -OCH3 is 1. The van der Waals surface area contributed by atoms with E-state index < -0.39 is 10.0 Å². The Hall–Kier alpha value is -0.630. The quantitative estimate of drug-likeness (QED) is 0.870. The van der Waals surface area contributed by atoms with Crippen LogP contribution in [0, 0.1) is 6.92 Å². The van der Waals surface area contributed by atoms with E-state index in [2.05, 4.69) is 20.7 Å². The summed E-state index contributed by atoms with van der Waals surface area (Å²) in [5.74, 6) is 0.494. The van der Waals surface area contributed by atoms with Gasteiger partial charge in [0, 0.05) is 19.2 Å². The molecule has 1 heterocycles. The van der Waals surface area contributed by atoms with Crippen LogP contribution in [0.3, 0.4) is 0 Å². The first kappa shape index (κ1) is 15.8. The summed E-state index contributed by atoms with van der Waals surface area (Å²) in [7, 11) is -2.05. The highest BCUT2D eigenvalue weighted by molar-refractivity contribution is 9.10. The molecule has 1 aromatic rings. The molecular weight excluding hydrogens is 346 g/mol. The summed E-state index contributed by atoms with van der Waals surface area (Å²) in [5.41, 5.74) is 0.664. The van der Waals surface area contributed by atoms with Gasteiger partial charge in [-0.1, -0.05) is 0 Å². The van der Waals surface area contributed by atoms with Crippen molar-refractivity contribution in [1.29, 1.82) is 0 Å². The van der Waals surface area contributed by atoms with E-state index in [9.17, 15) is 8.42 Å². The molecule has 2 rings (SSSR count). The van der Waals surface area contributed by atoms with Crippen LogP contribution in [0.25, 0.3) is 0 Å². The van der Waals surface area contributed by atoms with E-state index in [4.69, 9.17) is 9.47 Å². The van der Waals surface area contributed by atoms with Crippen LogP contribution in [0.4, 0.5) is 0 Å². The lowest BCUT2D eigenvalue weighted by atomic mass is 10.2. The SMILES string of the molecule is COc1cc(S(=O)(=O)NCC2CCCO2)c(C)cc1Br. The summed E-state index contributed by atoms with van der Waals surface area (Å²) < 4.78 is 38.6. The van der Waals surface area contributed by atoms with Crippen LogP contribution in [-0.2, 0) is 14.8 Å². The van der Waals surface area contributed by atoms with Gasteiger partial charge in [0.25, 0.3) is 0 Å². The molecule has 5 nitrogen and oxygen atoms in total. The van der Waals surface area contributed by atoms with Crippen molar-refractivity contribution < 1.29 is 17.9 Å². The van der Waals surface area contributed by atoms with Gasteiger partial charge in [-0.05, 0) is 47.3 Å². The van der Waals surface area contributed by atoms with E-state index in [1.807, 2.05) is 0 Å². The van der Waals surface area contributed by atoms with Gasteiger partial charge in [0.1, 0.15) is 5.75 Å². The van der Waals surface area contributed by atoms with E-state index in [0.717, 1.165) is 17.3 Å². The van der Waals surface area contributed by atoms with Crippen LogP contribution in [0.2, 0.25) is 0 Å². The fourth-order valence-corrected chi connectivity index (χ4v) is 4.09. The molecule has 0 saturated carbocycles. The molecule has 112 valence electrons. The molecule has 0 aromatic heterocycles. The van der Waals surface area contributed by atoms with Crippen molar-refractivity contribution in [3.05, 3.63) is 22.2 Å². The Bertz CT molecular complexity index is 582. The zero-order valence-corrected chi connectivity index (χ0v) is 13.9. The van der Waals surface area contributed by atoms with Crippen molar-refractivity contribution in [2.24, 2.45) is 0 Å². The summed E-state index contributed by atoms with van der Waals surface area (Å²) in [5, 5.41) is 0. The van der Waals surface area contributed by atoms with Crippen molar-refractivity contribution >= 4 is 26.0 Å². The fraction of sp³-hybridized carbons (Fsp3) is 0.538. The molecule has 1 fully saturated rings. The molecule has 1 N–H and O–H groups in total. The zero-order valence-electron chi connectivity index (χ0n) is 11.5. The molecule has 0 bridgehead atoms. The number of benzene rings is 1. The number of hydrogen-bond donors (Lipinski definition) is 1. The van der Waals surface area contributed by atoms with Crippen molar-refractivity contribution in [1.82, 2.24) is 4.72 Å². The van der Waals surface area contributed by atoms with Gasteiger partial charge >= 0.3 is 0 Å². The number of ether oxygens (including phenoxy) is 2. The first-order chi connectivity index (χ1) is 9.44. The van der Waals surface area contributed by atoms with Crippen molar-refractivity contribution in [2.45, 2.75) is 30.8 Å². The van der Waals surface area contributed by atoms with E-state index in [-0.39, 0.29) is 11.0 Å². The molecule has 7 heteroatoms. The van der Waals surface area contributed by atoms with Crippen LogP contribution < -0.4 is 9.46 Å². The Morgan fingerprint density at radius 1 is 1.50 bits per heavy atom. The largest absolute Gasteiger partial charge is 0.496 e. The Morgan fingerprint density at radius 2 is 2.25 bits per heavy atom. The number of hydrogen-bond acceptors (Lipinski definition) is 4. The maximum Gasteiger partial charge on any atom is 0.241 e. The molecule has 1 aliphatic heterocycles. The van der Waals surface area contributed by atoms with Crippen LogP contribution >= 0.6 is 15.9 Å². The maximum atomic E-state index is 12.4. The minimum atomic E-state index is -3.56. The Kier molecular flexibility index (Phi) is 5.06. The van der Waals surface area contributed by atoms with E-state index in [1.54, 1.807) is 13.0 Å². The van der Waals surface area contributed by atoms with Gasteiger partial charge in [-0.25, -0.2) is 13.1 Å². The predicted molar refractivity (Wildman–Crippen MR) is 79.6 cm³/mol. The molecule has 0 spiro atoms. The van der Waals surface area contributed by atoms with Crippen LogP contribution in [-0.4, -0.2) is 34.8 Å². The standard InChI is InChI=1S/C13H18BrNO4S/c1-9-6-11(14)12(18-2)7-13(9)20(16,17)15-8-10-4-3-5-19-10/h6-7,10,15H,3-5,8H2,1-2H3. The van der Waals surface area contributed by atoms with Gasteiger partial charge in [-0.3, -0.25) is 0 Å². The van der Waals surface area contributed by atoms with Gasteiger partial charge in [-0.15, -0.1) is 0 Å². The summed E-state index contributed by atoms with van der Waals surface area (Å²) in [6.45, 7) is 2.77. The third kappa shape index (κ3) is 3.52. The van der Waals surface area contributed by atoms with Crippen LogP contribution in [0.5, 0.6) is 5.75 Å². The third-order valence-electron chi connectivity index (χ3n) is 3.26. The second kappa shape index (κ2) is 6.43. The fourth-order valence-electron chi connectivity index (χ4n) is 2.17. The number of halogens is 1. The van der Waals surface area contributed by atoms with Crippen LogP contribution in [0.15, 0.2) is 21.5 Å². The van der Waals surface area contributed by atoms with Gasteiger partial charge in [0.15, 0.2) is 0 Å². The molecule has 1 saturated heterocycles. The monoisotopic (exact) mass is 363 g/mol. The number of aryl methyl sites for hydroxylation is 1. The Morgan fingerprint density at radius 3 is 2.85 bits per heavy atom. The number of sulfonamides is 1. The summed E-state index contributed by atoms with van der Waals surface area (Å²) in [6.07, 6.45) is 1.85. The molecule has 1 atom stereocenters. The predicted octanol–water partition coefficient (Wildman–Crippen LogP) is 2.22. The normalized spacial score (nSPS) is 19.2. The van der Waals surface area contributed by atoms with E-state index in [0.29, 0.717) is 24.5 Å². The minimum absolute atomic E-state index is 0.0255. The third-order valence-corrected chi connectivity index (χ3v) is 5.45. The molecule has 0 aliphatic carbocycles. The maximum absolute atomic E-state index is 12.4. The second-order valence-corrected chi connectivity index (χ2v) is 7.33. The lowest BCUT2D eigenvalue weighted by molar-refractivity contribution is 0.114. The highest BCUT2D eigenvalue weighted by atomic mass is 79.9. The Balaban J connectivity index is 2.19. The summed E-state index contributed by atoms with van der Waals surface area (Å²) >= 11 is 3.34. The van der Waals surface area contributed by atoms with Gasteiger partial charge in [0.05, 0.1) is 22.6 Å². The van der Waals surface area contributed by atoms with Gasteiger partial charge in [0.2, 0.25) is 10.0 Å². The van der Waals surface area contributed by atoms with E-state index in [1.165, 1.54) is 13.2 Å². The molecule has 0 amide bonds. The topological polar surface area (TPSA) is 64.6 Å². The lowest BCUT2D eigenvalue weighted by Gasteiger charge is -2.14. The van der Waals surface area contributed by atoms with Gasteiger partial charge in [-0.2, -0.15) is 0 Å². The molecule has 1 aromatic carbocycles. The second-order valence-electron chi connectivity index (χ2n) is 4.74. The van der Waals surface area contributed by atoms with Crippen molar-refractivity contribution in [3.8, 4) is 5.75 Å². The first-order valence-electron chi connectivity index (χ1n) is 6.39. The zero-order chi connectivity index (χ0) is 14.8. The minimum Gasteiger partial charge on any atom is -0.496 e. The molecule has 1 unspecified atom stereocenters. The number of rotatable bonds is 5. The smallest absolute Gasteiger partial charge is 0.241 e. The highest BCUT2D eigenvalue weighted by Gasteiger charge is 2.22. The van der Waals surface area contributed by atoms with Crippen molar-refractivity contribution in [2.75, 3.05) is 20.3 Å². The summed E-state index contributed by atoms with van der Waals surface area (Å²) in [6, 6.07) is 3.26. The van der Waals surface area contributed by atoms with Crippen LogP contribution in [0.1, 0.15) is 18.4 Å². The van der Waals surface area contributed by atoms with Crippen molar-refractivity contribution in [3.63, 3.8) is 0 Å². The lowest BCUT2D eigenvalue weighted by Crippen LogP contribution is -2.32. The molecule has 1 aliphatic rings. The van der Waals surface area contributed by atoms with E-state index >= 15 is 0 Å². The molecule has 0 radical (unpaired) electrons. The average Bonchev–Trinajstić information content (AvgIpc) is 2.89. The average molecular weight is 364 g/mol. The Labute approximate surface area is 127 Å². The summed E-state index contributed by atoms with van der Waals surface area (Å²) in [4.78, 5) is 0.232. The number of nitrogens with one attached hydrogen (secondary N) is 1. The highest BCUT2D eigenvalue weighted by Crippen LogP contribution is 2.30. The first-order valence-corrected chi connectivity index (χ1v) is 8.67. The van der Waals surface area contributed by atoms with Gasteiger partial charge < -0.3 is 9.47 Å². The molecular formula is C13H18BrNO4S.